The number of hydrogen-bond acceptors (Lipinski definition) is 3. The summed E-state index contributed by atoms with van der Waals surface area (Å²) >= 11 is 0. The first-order chi connectivity index (χ1) is 12.5. The summed E-state index contributed by atoms with van der Waals surface area (Å²) in [7, 11) is 0. The van der Waals surface area contributed by atoms with Gasteiger partial charge in [-0.3, -0.25) is 4.79 Å². The van der Waals surface area contributed by atoms with Crippen molar-refractivity contribution in [1.82, 2.24) is 0 Å². The highest BCUT2D eigenvalue weighted by Crippen LogP contribution is 2.20. The number of nitrogens with one attached hydrogen (secondary N) is 1. The molecule has 4 heteroatoms. The summed E-state index contributed by atoms with van der Waals surface area (Å²) in [4.78, 5) is 24.0. The third kappa shape index (κ3) is 4.09. The number of benzene rings is 3. The van der Waals surface area contributed by atoms with Crippen LogP contribution in [-0.4, -0.2) is 11.9 Å². The Bertz CT molecular complexity index is 924. The Labute approximate surface area is 152 Å². The van der Waals surface area contributed by atoms with E-state index in [2.05, 4.69) is 5.32 Å². The molecular formula is C22H21NO3. The molecule has 0 aliphatic heterocycles. The van der Waals surface area contributed by atoms with E-state index in [1.165, 1.54) is 0 Å². The number of carbonyl (C=O) groups excluding carboxylic acids is 2. The van der Waals surface area contributed by atoms with E-state index in [1.54, 1.807) is 24.3 Å². The topological polar surface area (TPSA) is 55.4 Å². The Kier molecular flexibility index (Phi) is 5.32. The van der Waals surface area contributed by atoms with E-state index in [9.17, 15) is 9.59 Å². The predicted molar refractivity (Wildman–Crippen MR) is 103 cm³/mol. The fourth-order valence-electron chi connectivity index (χ4n) is 2.62. The highest BCUT2D eigenvalue weighted by atomic mass is 16.5. The van der Waals surface area contributed by atoms with Crippen LogP contribution in [0.25, 0.3) is 10.8 Å². The zero-order valence-corrected chi connectivity index (χ0v) is 14.9. The lowest BCUT2D eigenvalue weighted by molar-refractivity contribution is -0.118. The number of rotatable bonds is 5. The van der Waals surface area contributed by atoms with Gasteiger partial charge in [-0.25, -0.2) is 4.79 Å². The summed E-state index contributed by atoms with van der Waals surface area (Å²) in [5.41, 5.74) is 2.08. The van der Waals surface area contributed by atoms with Gasteiger partial charge in [0.1, 0.15) is 6.61 Å². The summed E-state index contributed by atoms with van der Waals surface area (Å²) in [6.45, 7) is 3.87. The van der Waals surface area contributed by atoms with Crippen molar-refractivity contribution in [2.24, 2.45) is 5.92 Å². The van der Waals surface area contributed by atoms with Crippen LogP contribution in [-0.2, 0) is 16.1 Å². The van der Waals surface area contributed by atoms with Crippen LogP contribution in [0.1, 0.15) is 29.8 Å². The first-order valence-electron chi connectivity index (χ1n) is 8.59. The Balaban J connectivity index is 1.65. The molecule has 3 aromatic rings. The predicted octanol–water partition coefficient (Wildman–Crippen LogP) is 4.79. The van der Waals surface area contributed by atoms with Crippen molar-refractivity contribution in [3.63, 3.8) is 0 Å². The van der Waals surface area contributed by atoms with Crippen molar-refractivity contribution < 1.29 is 14.3 Å². The molecule has 132 valence electrons. The Morgan fingerprint density at radius 2 is 1.62 bits per heavy atom. The van der Waals surface area contributed by atoms with E-state index in [4.69, 9.17) is 4.74 Å². The lowest BCUT2D eigenvalue weighted by Crippen LogP contribution is -2.17. The molecule has 0 radical (unpaired) electrons. The van der Waals surface area contributed by atoms with E-state index in [-0.39, 0.29) is 24.4 Å². The van der Waals surface area contributed by atoms with Crippen LogP contribution in [0.5, 0.6) is 0 Å². The summed E-state index contributed by atoms with van der Waals surface area (Å²) in [5.74, 6) is -0.545. The largest absolute Gasteiger partial charge is 0.457 e. The molecule has 0 saturated carbocycles. The maximum Gasteiger partial charge on any atom is 0.338 e. The van der Waals surface area contributed by atoms with E-state index < -0.39 is 0 Å². The van der Waals surface area contributed by atoms with E-state index >= 15 is 0 Å². The molecular weight excluding hydrogens is 326 g/mol. The van der Waals surface area contributed by atoms with E-state index in [0.29, 0.717) is 11.3 Å². The number of hydrogen-bond donors (Lipinski definition) is 1. The monoisotopic (exact) mass is 347 g/mol. The highest BCUT2D eigenvalue weighted by molar-refractivity contribution is 5.94. The van der Waals surface area contributed by atoms with Crippen LogP contribution in [0.15, 0.2) is 66.7 Å². The second-order valence-corrected chi connectivity index (χ2v) is 6.44. The second kappa shape index (κ2) is 7.83. The van der Waals surface area contributed by atoms with Crippen LogP contribution < -0.4 is 5.32 Å². The summed E-state index contributed by atoms with van der Waals surface area (Å²) in [6, 6.07) is 20.7. The van der Waals surface area contributed by atoms with Gasteiger partial charge in [0.25, 0.3) is 0 Å². The molecule has 0 aliphatic rings. The number of fused-ring (bicyclic) bond motifs is 1. The van der Waals surface area contributed by atoms with Gasteiger partial charge in [0.2, 0.25) is 5.91 Å². The molecule has 1 amide bonds. The fourth-order valence-corrected chi connectivity index (χ4v) is 2.62. The van der Waals surface area contributed by atoms with Gasteiger partial charge in [0.15, 0.2) is 0 Å². The van der Waals surface area contributed by atoms with Gasteiger partial charge >= 0.3 is 5.97 Å². The standard InChI is InChI=1S/C22H21NO3/c1-15(2)21(24)23-19-12-10-17(11-13-19)22(25)26-14-18-8-5-7-16-6-3-4-9-20(16)18/h3-13,15H,14H2,1-2H3,(H,23,24). The lowest BCUT2D eigenvalue weighted by atomic mass is 10.1. The van der Waals surface area contributed by atoms with Crippen molar-refractivity contribution in [2.45, 2.75) is 20.5 Å². The maximum atomic E-state index is 12.3. The number of carbonyl (C=O) groups is 2. The third-order valence-corrected chi connectivity index (χ3v) is 4.15. The Morgan fingerprint density at radius 1 is 0.923 bits per heavy atom. The van der Waals surface area contributed by atoms with Crippen molar-refractivity contribution in [3.8, 4) is 0 Å². The van der Waals surface area contributed by atoms with Gasteiger partial charge < -0.3 is 10.1 Å². The van der Waals surface area contributed by atoms with Gasteiger partial charge in [-0.1, -0.05) is 56.3 Å². The number of esters is 1. The minimum atomic E-state index is -0.389. The molecule has 0 aromatic heterocycles. The van der Waals surface area contributed by atoms with Crippen LogP contribution in [0.4, 0.5) is 5.69 Å². The quantitative estimate of drug-likeness (QED) is 0.675. The molecule has 0 fully saturated rings. The molecule has 0 saturated heterocycles. The molecule has 26 heavy (non-hydrogen) atoms. The first-order valence-corrected chi connectivity index (χ1v) is 8.59. The minimum Gasteiger partial charge on any atom is -0.457 e. The molecule has 0 heterocycles. The summed E-state index contributed by atoms with van der Waals surface area (Å²) < 4.78 is 5.46. The molecule has 0 spiro atoms. The molecule has 0 unspecified atom stereocenters. The van der Waals surface area contributed by atoms with Crippen molar-refractivity contribution >= 4 is 28.3 Å². The normalized spacial score (nSPS) is 10.7. The van der Waals surface area contributed by atoms with Crippen LogP contribution in [0.3, 0.4) is 0 Å². The molecule has 0 bridgehead atoms. The summed E-state index contributed by atoms with van der Waals surface area (Å²) in [5, 5.41) is 4.99. The Morgan fingerprint density at radius 3 is 2.35 bits per heavy atom. The molecule has 4 nitrogen and oxygen atoms in total. The smallest absolute Gasteiger partial charge is 0.338 e. The molecule has 3 rings (SSSR count). The average molecular weight is 347 g/mol. The molecule has 3 aromatic carbocycles. The van der Waals surface area contributed by atoms with Crippen LogP contribution in [0.2, 0.25) is 0 Å². The second-order valence-electron chi connectivity index (χ2n) is 6.44. The fraction of sp³-hybridized carbons (Fsp3) is 0.182. The van der Waals surface area contributed by atoms with Crippen molar-refractivity contribution in [3.05, 3.63) is 77.9 Å². The maximum absolute atomic E-state index is 12.3. The van der Waals surface area contributed by atoms with Crippen molar-refractivity contribution in [2.75, 3.05) is 5.32 Å². The highest BCUT2D eigenvalue weighted by Gasteiger charge is 2.10. The summed E-state index contributed by atoms with van der Waals surface area (Å²) in [6.07, 6.45) is 0. The molecule has 0 aliphatic carbocycles. The lowest BCUT2D eigenvalue weighted by Gasteiger charge is -2.10. The average Bonchev–Trinajstić information content (AvgIpc) is 2.66. The SMILES string of the molecule is CC(C)C(=O)Nc1ccc(C(=O)OCc2cccc3ccccc23)cc1. The third-order valence-electron chi connectivity index (χ3n) is 4.15. The zero-order valence-electron chi connectivity index (χ0n) is 14.9. The van der Waals surface area contributed by atoms with Crippen molar-refractivity contribution in [1.29, 1.82) is 0 Å². The van der Waals surface area contributed by atoms with Gasteiger partial charge in [-0.05, 0) is 40.6 Å². The minimum absolute atomic E-state index is 0.0590. The Hall–Kier alpha value is -3.14. The van der Waals surface area contributed by atoms with E-state index in [0.717, 1.165) is 16.3 Å². The van der Waals surface area contributed by atoms with Gasteiger partial charge in [-0.2, -0.15) is 0 Å². The van der Waals surface area contributed by atoms with Crippen LogP contribution >= 0.6 is 0 Å². The van der Waals surface area contributed by atoms with E-state index in [1.807, 2.05) is 56.3 Å². The van der Waals surface area contributed by atoms with Gasteiger partial charge in [-0.15, -0.1) is 0 Å². The number of ether oxygens (including phenoxy) is 1. The number of amides is 1. The number of anilines is 1. The zero-order chi connectivity index (χ0) is 18.5. The molecule has 1 N–H and O–H groups in total. The van der Waals surface area contributed by atoms with Gasteiger partial charge in [0, 0.05) is 11.6 Å². The van der Waals surface area contributed by atoms with Crippen LogP contribution in [0, 0.1) is 5.92 Å². The first kappa shape index (κ1) is 17.7. The van der Waals surface area contributed by atoms with Gasteiger partial charge in [0.05, 0.1) is 5.56 Å². The molecule has 0 atom stereocenters.